The van der Waals surface area contributed by atoms with E-state index in [0.717, 1.165) is 50.2 Å². The van der Waals surface area contributed by atoms with Crippen LogP contribution < -0.4 is 4.90 Å². The number of aromatic nitrogens is 2. The Bertz CT molecular complexity index is 782. The Hall–Kier alpha value is -2.43. The third kappa shape index (κ3) is 3.11. The molecule has 0 bridgehead atoms. The maximum atomic E-state index is 11.5. The predicted molar refractivity (Wildman–Crippen MR) is 96.3 cm³/mol. The van der Waals surface area contributed by atoms with E-state index in [-0.39, 0.29) is 0 Å². The number of aromatic carboxylic acids is 1. The zero-order valence-electron chi connectivity index (χ0n) is 14.3. The van der Waals surface area contributed by atoms with Crippen molar-refractivity contribution >= 4 is 11.8 Å². The molecule has 0 spiro atoms. The van der Waals surface area contributed by atoms with Gasteiger partial charge >= 0.3 is 5.97 Å². The van der Waals surface area contributed by atoms with Gasteiger partial charge in [-0.15, -0.1) is 0 Å². The molecule has 1 N–H and O–H groups in total. The first kappa shape index (κ1) is 16.1. The normalized spacial score (nSPS) is 18.0. The number of piperidine rings is 1. The van der Waals surface area contributed by atoms with Crippen LogP contribution in [0.15, 0.2) is 30.6 Å². The van der Waals surface area contributed by atoms with Gasteiger partial charge in [0, 0.05) is 24.3 Å². The molecule has 130 valence electrons. The minimum Gasteiger partial charge on any atom is -0.478 e. The first-order valence-electron chi connectivity index (χ1n) is 9.14. The van der Waals surface area contributed by atoms with Gasteiger partial charge in [0.15, 0.2) is 0 Å². The third-order valence-corrected chi connectivity index (χ3v) is 5.53. The number of anilines is 1. The number of benzene rings is 1. The molecule has 1 aromatic heterocycles. The number of aryl methyl sites for hydroxylation is 1. The molecule has 1 aliphatic carbocycles. The van der Waals surface area contributed by atoms with Gasteiger partial charge in [-0.1, -0.05) is 18.2 Å². The van der Waals surface area contributed by atoms with Crippen LogP contribution in [0.3, 0.4) is 0 Å². The van der Waals surface area contributed by atoms with Crippen molar-refractivity contribution < 1.29 is 9.90 Å². The molecule has 0 unspecified atom stereocenters. The Morgan fingerprint density at radius 1 is 1.08 bits per heavy atom. The summed E-state index contributed by atoms with van der Waals surface area (Å²) in [5.41, 5.74) is 3.97. The van der Waals surface area contributed by atoms with Gasteiger partial charge < -0.3 is 10.0 Å². The lowest BCUT2D eigenvalue weighted by molar-refractivity contribution is 0.0695. The molecule has 1 aromatic carbocycles. The largest absolute Gasteiger partial charge is 0.478 e. The van der Waals surface area contributed by atoms with Crippen LogP contribution in [-0.2, 0) is 12.8 Å². The van der Waals surface area contributed by atoms with Crippen LogP contribution in [0.5, 0.6) is 0 Å². The van der Waals surface area contributed by atoms with Crippen LogP contribution in [0, 0.1) is 0 Å². The summed E-state index contributed by atoms with van der Waals surface area (Å²) < 4.78 is 0. The number of nitrogens with zero attached hydrogens (tertiary/aromatic N) is 3. The van der Waals surface area contributed by atoms with Crippen LogP contribution in [0.2, 0.25) is 0 Å². The van der Waals surface area contributed by atoms with E-state index in [2.05, 4.69) is 14.9 Å². The molecule has 0 atom stereocenters. The molecule has 2 aromatic rings. The van der Waals surface area contributed by atoms with Crippen molar-refractivity contribution in [2.24, 2.45) is 0 Å². The fraction of sp³-hybridized carbons (Fsp3) is 0.450. The quantitative estimate of drug-likeness (QED) is 0.929. The van der Waals surface area contributed by atoms with Crippen molar-refractivity contribution in [2.75, 3.05) is 18.0 Å². The van der Waals surface area contributed by atoms with Gasteiger partial charge in [0.05, 0.1) is 5.56 Å². The maximum absolute atomic E-state index is 11.5. The van der Waals surface area contributed by atoms with Crippen LogP contribution in [-0.4, -0.2) is 34.1 Å². The monoisotopic (exact) mass is 337 g/mol. The summed E-state index contributed by atoms with van der Waals surface area (Å²) in [6, 6.07) is 7.42. The summed E-state index contributed by atoms with van der Waals surface area (Å²) in [5.74, 6) is 0.582. The fourth-order valence-corrected chi connectivity index (χ4v) is 4.23. The molecule has 0 saturated carbocycles. The second-order valence-electron chi connectivity index (χ2n) is 6.98. The topological polar surface area (TPSA) is 66.3 Å². The Labute approximate surface area is 147 Å². The average Bonchev–Trinajstić information content (AvgIpc) is 2.68. The van der Waals surface area contributed by atoms with Crippen molar-refractivity contribution in [1.82, 2.24) is 9.97 Å². The van der Waals surface area contributed by atoms with Crippen molar-refractivity contribution in [1.29, 1.82) is 0 Å². The maximum Gasteiger partial charge on any atom is 0.335 e. The van der Waals surface area contributed by atoms with E-state index in [1.54, 1.807) is 18.5 Å². The van der Waals surface area contributed by atoms with Crippen molar-refractivity contribution in [2.45, 2.75) is 44.4 Å². The highest BCUT2D eigenvalue weighted by Crippen LogP contribution is 2.34. The van der Waals surface area contributed by atoms with E-state index in [1.165, 1.54) is 24.1 Å². The van der Waals surface area contributed by atoms with Gasteiger partial charge in [0.1, 0.15) is 12.1 Å². The number of hydrogen-bond acceptors (Lipinski definition) is 4. The van der Waals surface area contributed by atoms with Gasteiger partial charge in [-0.25, -0.2) is 14.8 Å². The molecule has 5 heteroatoms. The van der Waals surface area contributed by atoms with E-state index < -0.39 is 5.97 Å². The molecular formula is C20H23N3O2. The highest BCUT2D eigenvalue weighted by atomic mass is 16.4. The number of rotatable bonds is 3. The first-order chi connectivity index (χ1) is 12.2. The molecule has 25 heavy (non-hydrogen) atoms. The van der Waals surface area contributed by atoms with Crippen LogP contribution in [0.1, 0.15) is 58.8 Å². The minimum atomic E-state index is -0.831. The fourth-order valence-electron chi connectivity index (χ4n) is 4.23. The molecular weight excluding hydrogens is 314 g/mol. The summed E-state index contributed by atoms with van der Waals surface area (Å²) in [6.45, 7) is 1.84. The molecule has 1 aliphatic heterocycles. The number of carboxylic acids is 1. The number of hydrogen-bond donors (Lipinski definition) is 1. The summed E-state index contributed by atoms with van der Waals surface area (Å²) in [6.07, 6.45) is 8.20. The van der Waals surface area contributed by atoms with E-state index >= 15 is 0 Å². The van der Waals surface area contributed by atoms with E-state index in [4.69, 9.17) is 0 Å². The molecule has 0 amide bonds. The molecule has 4 rings (SSSR count). The predicted octanol–water partition coefficient (Wildman–Crippen LogP) is 3.44. The van der Waals surface area contributed by atoms with Crippen LogP contribution >= 0.6 is 0 Å². The van der Waals surface area contributed by atoms with Gasteiger partial charge in [-0.05, 0) is 56.1 Å². The third-order valence-electron chi connectivity index (χ3n) is 5.53. The second kappa shape index (κ2) is 6.82. The number of fused-ring (bicyclic) bond motifs is 1. The van der Waals surface area contributed by atoms with Gasteiger partial charge in [0.2, 0.25) is 0 Å². The van der Waals surface area contributed by atoms with Gasteiger partial charge in [-0.3, -0.25) is 0 Å². The summed E-state index contributed by atoms with van der Waals surface area (Å²) >= 11 is 0. The van der Waals surface area contributed by atoms with E-state index in [0.29, 0.717) is 11.5 Å². The molecule has 1 saturated heterocycles. The number of carbonyl (C=O) groups is 1. The summed E-state index contributed by atoms with van der Waals surface area (Å²) in [4.78, 5) is 22.9. The molecule has 2 aliphatic rings. The first-order valence-corrected chi connectivity index (χ1v) is 9.14. The van der Waals surface area contributed by atoms with Gasteiger partial charge in [0.25, 0.3) is 0 Å². The highest BCUT2D eigenvalue weighted by molar-refractivity contribution is 5.89. The Morgan fingerprint density at radius 2 is 1.84 bits per heavy atom. The number of carboxylic acid groups (broad SMARTS) is 1. The highest BCUT2D eigenvalue weighted by Gasteiger charge is 2.27. The molecule has 5 nitrogen and oxygen atoms in total. The molecule has 0 radical (unpaired) electrons. The molecule has 1 fully saturated rings. The zero-order valence-corrected chi connectivity index (χ0v) is 14.3. The summed E-state index contributed by atoms with van der Waals surface area (Å²) in [7, 11) is 0. The SMILES string of the molecule is O=C(O)c1ccccc1C1CCN(c2ncnc3c2CCCC3)CC1. The lowest BCUT2D eigenvalue weighted by Crippen LogP contribution is -2.35. The van der Waals surface area contributed by atoms with Crippen molar-refractivity contribution in [3.05, 3.63) is 53.0 Å². The zero-order chi connectivity index (χ0) is 17.2. The van der Waals surface area contributed by atoms with Crippen molar-refractivity contribution in [3.8, 4) is 0 Å². The Balaban J connectivity index is 1.52. The Morgan fingerprint density at radius 3 is 2.64 bits per heavy atom. The van der Waals surface area contributed by atoms with E-state index in [1.807, 2.05) is 12.1 Å². The Kier molecular flexibility index (Phi) is 4.38. The standard InChI is InChI=1S/C20H23N3O2/c24-20(25)16-6-2-1-5-15(16)14-9-11-23(12-10-14)19-17-7-3-4-8-18(17)21-13-22-19/h1-2,5-6,13-14H,3-4,7-12H2,(H,24,25). The average molecular weight is 337 g/mol. The minimum absolute atomic E-state index is 0.307. The van der Waals surface area contributed by atoms with Crippen LogP contribution in [0.25, 0.3) is 0 Å². The smallest absolute Gasteiger partial charge is 0.335 e. The lowest BCUT2D eigenvalue weighted by Gasteiger charge is -2.35. The van der Waals surface area contributed by atoms with E-state index in [9.17, 15) is 9.90 Å². The summed E-state index contributed by atoms with van der Waals surface area (Å²) in [5, 5.41) is 9.43. The van der Waals surface area contributed by atoms with Crippen molar-refractivity contribution in [3.63, 3.8) is 0 Å². The lowest BCUT2D eigenvalue weighted by atomic mass is 9.86. The molecule has 2 heterocycles. The second-order valence-corrected chi connectivity index (χ2v) is 6.98. The van der Waals surface area contributed by atoms with Crippen LogP contribution in [0.4, 0.5) is 5.82 Å². The van der Waals surface area contributed by atoms with Gasteiger partial charge in [-0.2, -0.15) is 0 Å².